The van der Waals surface area contributed by atoms with Crippen LogP contribution in [-0.4, -0.2) is 55.2 Å². The molecule has 2 fully saturated rings. The van der Waals surface area contributed by atoms with E-state index in [0.717, 1.165) is 12.8 Å². The molecule has 1 aliphatic carbocycles. The molecule has 0 aromatic rings. The van der Waals surface area contributed by atoms with Crippen molar-refractivity contribution in [2.75, 3.05) is 26.3 Å². The highest BCUT2D eigenvalue weighted by Crippen LogP contribution is 2.18. The Morgan fingerprint density at radius 1 is 1.32 bits per heavy atom. The topological polar surface area (TPSA) is 70.7 Å². The van der Waals surface area contributed by atoms with Crippen molar-refractivity contribution in [1.29, 1.82) is 0 Å². The quantitative estimate of drug-likeness (QED) is 0.782. The molecule has 6 nitrogen and oxygen atoms in total. The molecule has 0 aromatic carbocycles. The minimum atomic E-state index is -0.505. The van der Waals surface area contributed by atoms with Crippen LogP contribution >= 0.6 is 0 Å². The normalized spacial score (nSPS) is 24.3. The van der Waals surface area contributed by atoms with Gasteiger partial charge >= 0.3 is 6.03 Å². The van der Waals surface area contributed by atoms with Gasteiger partial charge in [-0.1, -0.05) is 12.8 Å². The van der Waals surface area contributed by atoms with Crippen LogP contribution in [0.15, 0.2) is 0 Å². The van der Waals surface area contributed by atoms with E-state index in [2.05, 4.69) is 10.6 Å². The molecular weight excluding hydrogens is 246 g/mol. The van der Waals surface area contributed by atoms with Gasteiger partial charge in [0, 0.05) is 19.1 Å². The first kappa shape index (κ1) is 14.1. The summed E-state index contributed by atoms with van der Waals surface area (Å²) < 4.78 is 5.32. The number of carbonyl (C=O) groups is 2. The molecule has 3 amide bonds. The maximum absolute atomic E-state index is 12.3. The van der Waals surface area contributed by atoms with Crippen LogP contribution < -0.4 is 10.6 Å². The summed E-state index contributed by atoms with van der Waals surface area (Å²) in [5.41, 5.74) is 0. The van der Waals surface area contributed by atoms with E-state index < -0.39 is 6.04 Å². The van der Waals surface area contributed by atoms with E-state index in [-0.39, 0.29) is 24.6 Å². The highest BCUT2D eigenvalue weighted by Gasteiger charge is 2.33. The van der Waals surface area contributed by atoms with Crippen molar-refractivity contribution in [3.05, 3.63) is 0 Å². The number of likely N-dealkylation sites (N-methyl/N-ethyl adjacent to an activating group) is 1. The van der Waals surface area contributed by atoms with E-state index >= 15 is 0 Å². The van der Waals surface area contributed by atoms with Crippen molar-refractivity contribution in [1.82, 2.24) is 15.5 Å². The number of ether oxygens (including phenoxy) is 1. The predicted molar refractivity (Wildman–Crippen MR) is 70.8 cm³/mol. The van der Waals surface area contributed by atoms with E-state index in [1.54, 1.807) is 4.90 Å². The minimum absolute atomic E-state index is 0.133. The molecule has 19 heavy (non-hydrogen) atoms. The Bertz CT molecular complexity index is 329. The Morgan fingerprint density at radius 3 is 2.74 bits per heavy atom. The summed E-state index contributed by atoms with van der Waals surface area (Å²) in [4.78, 5) is 25.8. The number of urea groups is 1. The third-order valence-corrected chi connectivity index (χ3v) is 3.73. The zero-order valence-electron chi connectivity index (χ0n) is 11.5. The summed E-state index contributed by atoms with van der Waals surface area (Å²) in [6.07, 6.45) is 4.44. The molecule has 0 bridgehead atoms. The Hall–Kier alpha value is -1.30. The molecule has 1 unspecified atom stereocenters. The summed E-state index contributed by atoms with van der Waals surface area (Å²) in [5.74, 6) is -0.135. The predicted octanol–water partition coefficient (Wildman–Crippen LogP) is 0.476. The van der Waals surface area contributed by atoms with Crippen molar-refractivity contribution in [2.45, 2.75) is 44.7 Å². The molecule has 1 aliphatic heterocycles. The fraction of sp³-hybridized carbons (Fsp3) is 0.846. The van der Waals surface area contributed by atoms with Crippen LogP contribution in [0.3, 0.4) is 0 Å². The van der Waals surface area contributed by atoms with Crippen LogP contribution in [-0.2, 0) is 9.53 Å². The Morgan fingerprint density at radius 2 is 2.05 bits per heavy atom. The van der Waals surface area contributed by atoms with Crippen molar-refractivity contribution in [3.8, 4) is 0 Å². The number of hydrogen-bond acceptors (Lipinski definition) is 3. The molecule has 1 saturated heterocycles. The summed E-state index contributed by atoms with van der Waals surface area (Å²) in [5, 5.41) is 5.78. The third-order valence-electron chi connectivity index (χ3n) is 3.73. The van der Waals surface area contributed by atoms with Gasteiger partial charge in [0.15, 0.2) is 0 Å². The monoisotopic (exact) mass is 269 g/mol. The van der Waals surface area contributed by atoms with Gasteiger partial charge in [-0.2, -0.15) is 0 Å². The fourth-order valence-corrected chi connectivity index (χ4v) is 2.68. The number of carbonyl (C=O) groups excluding carboxylic acids is 2. The maximum atomic E-state index is 12.3. The zero-order chi connectivity index (χ0) is 13.7. The first-order chi connectivity index (χ1) is 9.22. The van der Waals surface area contributed by atoms with Gasteiger partial charge in [0.05, 0.1) is 13.2 Å². The SMILES string of the molecule is CCNC(=O)C1COCCN1C(=O)NC1CCCC1. The Kier molecular flexibility index (Phi) is 5.01. The lowest BCUT2D eigenvalue weighted by Crippen LogP contribution is -2.59. The van der Waals surface area contributed by atoms with Gasteiger partial charge < -0.3 is 20.3 Å². The second-order valence-electron chi connectivity index (χ2n) is 5.11. The number of rotatable bonds is 3. The van der Waals surface area contributed by atoms with Crippen molar-refractivity contribution in [2.24, 2.45) is 0 Å². The number of hydrogen-bond donors (Lipinski definition) is 2. The molecule has 2 rings (SSSR count). The van der Waals surface area contributed by atoms with E-state index in [0.29, 0.717) is 19.7 Å². The van der Waals surface area contributed by atoms with Crippen LogP contribution in [0.4, 0.5) is 4.79 Å². The van der Waals surface area contributed by atoms with Gasteiger partial charge in [-0.3, -0.25) is 4.79 Å². The molecule has 0 radical (unpaired) electrons. The van der Waals surface area contributed by atoms with Gasteiger partial charge in [-0.15, -0.1) is 0 Å². The Balaban J connectivity index is 1.93. The Labute approximate surface area is 113 Å². The van der Waals surface area contributed by atoms with Gasteiger partial charge in [-0.25, -0.2) is 4.79 Å². The lowest BCUT2D eigenvalue weighted by Gasteiger charge is -2.35. The third kappa shape index (κ3) is 3.59. The molecule has 2 N–H and O–H groups in total. The second-order valence-corrected chi connectivity index (χ2v) is 5.11. The maximum Gasteiger partial charge on any atom is 0.318 e. The fourth-order valence-electron chi connectivity index (χ4n) is 2.68. The summed E-state index contributed by atoms with van der Waals surface area (Å²) in [7, 11) is 0. The van der Waals surface area contributed by atoms with Gasteiger partial charge in [0.25, 0.3) is 0 Å². The molecule has 2 aliphatic rings. The van der Waals surface area contributed by atoms with Gasteiger partial charge in [0.1, 0.15) is 6.04 Å². The minimum Gasteiger partial charge on any atom is -0.377 e. The number of morpholine rings is 1. The van der Waals surface area contributed by atoms with E-state index in [1.165, 1.54) is 12.8 Å². The van der Waals surface area contributed by atoms with Gasteiger partial charge in [0.2, 0.25) is 5.91 Å². The molecule has 0 aromatic heterocycles. The first-order valence-corrected chi connectivity index (χ1v) is 7.15. The first-order valence-electron chi connectivity index (χ1n) is 7.15. The molecule has 108 valence electrons. The van der Waals surface area contributed by atoms with Crippen LogP contribution in [0.2, 0.25) is 0 Å². The number of nitrogens with zero attached hydrogens (tertiary/aromatic N) is 1. The summed E-state index contributed by atoms with van der Waals surface area (Å²) in [6.45, 7) is 3.68. The summed E-state index contributed by atoms with van der Waals surface area (Å²) >= 11 is 0. The van der Waals surface area contributed by atoms with Crippen molar-refractivity contribution < 1.29 is 14.3 Å². The van der Waals surface area contributed by atoms with Crippen molar-refractivity contribution >= 4 is 11.9 Å². The van der Waals surface area contributed by atoms with Gasteiger partial charge in [-0.05, 0) is 19.8 Å². The molecule has 1 heterocycles. The second kappa shape index (κ2) is 6.75. The largest absolute Gasteiger partial charge is 0.377 e. The van der Waals surface area contributed by atoms with Crippen LogP contribution in [0, 0.1) is 0 Å². The highest BCUT2D eigenvalue weighted by atomic mass is 16.5. The molecule has 0 spiro atoms. The highest BCUT2D eigenvalue weighted by molar-refractivity contribution is 5.87. The summed E-state index contributed by atoms with van der Waals surface area (Å²) in [6, 6.07) is -0.369. The van der Waals surface area contributed by atoms with Crippen LogP contribution in [0.5, 0.6) is 0 Å². The number of amides is 3. The molecule has 1 atom stereocenters. The van der Waals surface area contributed by atoms with E-state index in [4.69, 9.17) is 4.74 Å². The molecule has 6 heteroatoms. The average Bonchev–Trinajstić information content (AvgIpc) is 2.92. The lowest BCUT2D eigenvalue weighted by atomic mass is 10.2. The molecular formula is C13H23N3O3. The smallest absolute Gasteiger partial charge is 0.318 e. The molecule has 1 saturated carbocycles. The number of nitrogens with one attached hydrogen (secondary N) is 2. The average molecular weight is 269 g/mol. The van der Waals surface area contributed by atoms with E-state index in [9.17, 15) is 9.59 Å². The zero-order valence-corrected chi connectivity index (χ0v) is 11.5. The lowest BCUT2D eigenvalue weighted by molar-refractivity contribution is -0.130. The van der Waals surface area contributed by atoms with Crippen LogP contribution in [0.25, 0.3) is 0 Å². The van der Waals surface area contributed by atoms with Crippen molar-refractivity contribution in [3.63, 3.8) is 0 Å². The van der Waals surface area contributed by atoms with E-state index in [1.807, 2.05) is 6.92 Å². The standard InChI is InChI=1S/C13H23N3O3/c1-2-14-12(17)11-9-19-8-7-16(11)13(18)15-10-5-3-4-6-10/h10-11H,2-9H2,1H3,(H,14,17)(H,15,18). The van der Waals surface area contributed by atoms with Crippen LogP contribution in [0.1, 0.15) is 32.6 Å².